The predicted molar refractivity (Wildman–Crippen MR) is 191 cm³/mol. The van der Waals surface area contributed by atoms with Gasteiger partial charge in [-0.25, -0.2) is 0 Å². The fourth-order valence-corrected chi connectivity index (χ4v) is 6.01. The van der Waals surface area contributed by atoms with E-state index in [0.717, 1.165) is 26.3 Å². The van der Waals surface area contributed by atoms with E-state index >= 15 is 0 Å². The van der Waals surface area contributed by atoms with Gasteiger partial charge in [-0.1, -0.05) is 95.7 Å². The van der Waals surface area contributed by atoms with Crippen molar-refractivity contribution in [1.29, 1.82) is 0 Å². The monoisotopic (exact) mass is 689 g/mol. The topological polar surface area (TPSA) is 78.5 Å². The summed E-state index contributed by atoms with van der Waals surface area (Å²) in [5.74, 6) is -0.909. The van der Waals surface area contributed by atoms with Crippen LogP contribution in [0.2, 0.25) is 0 Å². The van der Waals surface area contributed by atoms with Crippen LogP contribution in [0.4, 0.5) is 17.1 Å². The van der Waals surface area contributed by atoms with Crippen molar-refractivity contribution in [2.45, 2.75) is 23.5 Å². The molecule has 0 aromatic heterocycles. The van der Waals surface area contributed by atoms with Crippen molar-refractivity contribution >= 4 is 68.6 Å². The number of para-hydroxylation sites is 2. The molecule has 1 unspecified atom stereocenters. The lowest BCUT2D eigenvalue weighted by Gasteiger charge is -2.27. The Morgan fingerprint density at radius 1 is 0.761 bits per heavy atom. The number of hydrogen-bond acceptors (Lipinski definition) is 4. The van der Waals surface area contributed by atoms with E-state index in [1.54, 1.807) is 41.3 Å². The zero-order valence-corrected chi connectivity index (χ0v) is 27.5. The van der Waals surface area contributed by atoms with Crippen LogP contribution in [0.25, 0.3) is 6.08 Å². The second-order valence-electron chi connectivity index (χ2n) is 10.3. The van der Waals surface area contributed by atoms with Crippen LogP contribution in [0.3, 0.4) is 0 Å². The number of benzene rings is 5. The maximum atomic E-state index is 14.0. The molecule has 0 bridgehead atoms. The average Bonchev–Trinajstić information content (AvgIpc) is 3.09. The Bertz CT molecular complexity index is 1780. The number of nitrogens with zero attached hydrogens (tertiary/aromatic N) is 1. The van der Waals surface area contributed by atoms with Gasteiger partial charge in [-0.3, -0.25) is 19.3 Å². The molecule has 0 saturated carbocycles. The molecular weight excluding hydrogens is 658 g/mol. The molecule has 0 spiro atoms. The van der Waals surface area contributed by atoms with E-state index in [9.17, 15) is 14.4 Å². The number of rotatable bonds is 11. The smallest absolute Gasteiger partial charge is 0.272 e. The number of hydrogen-bond donors (Lipinski definition) is 2. The number of nitrogens with one attached hydrogen (secondary N) is 2. The van der Waals surface area contributed by atoms with E-state index in [4.69, 9.17) is 0 Å². The number of halogens is 1. The third kappa shape index (κ3) is 8.62. The van der Waals surface area contributed by atoms with Gasteiger partial charge < -0.3 is 10.6 Å². The highest BCUT2D eigenvalue weighted by atomic mass is 79.9. The van der Waals surface area contributed by atoms with Gasteiger partial charge in [0, 0.05) is 32.0 Å². The second kappa shape index (κ2) is 15.9. The molecule has 0 fully saturated rings. The van der Waals surface area contributed by atoms with Crippen molar-refractivity contribution in [2.24, 2.45) is 0 Å². The van der Waals surface area contributed by atoms with Gasteiger partial charge in [-0.05, 0) is 84.8 Å². The molecule has 5 aromatic carbocycles. The van der Waals surface area contributed by atoms with Gasteiger partial charge in [0.25, 0.3) is 11.8 Å². The third-order valence-corrected chi connectivity index (χ3v) is 8.85. The zero-order chi connectivity index (χ0) is 32.3. The fraction of sp³-hybridized carbons (Fsp3) is 0.0789. The van der Waals surface area contributed by atoms with Gasteiger partial charge in [0.1, 0.15) is 5.70 Å². The largest absolute Gasteiger partial charge is 0.321 e. The summed E-state index contributed by atoms with van der Waals surface area (Å²) in [6.07, 6.45) is 2.23. The highest BCUT2D eigenvalue weighted by molar-refractivity contribution is 9.10. The summed E-state index contributed by atoms with van der Waals surface area (Å²) in [4.78, 5) is 43.2. The van der Waals surface area contributed by atoms with E-state index < -0.39 is 11.8 Å². The lowest BCUT2D eigenvalue weighted by Crippen LogP contribution is -2.34. The molecule has 2 N–H and O–H groups in total. The first-order chi connectivity index (χ1) is 22.4. The van der Waals surface area contributed by atoms with Crippen molar-refractivity contribution in [2.75, 3.05) is 10.2 Å². The standard InChI is InChI=1S/C38H32BrN3O3S/c1-2-35(38(45)42(31-16-8-4-9-17-31)32-18-10-5-11-19-32)46-33-20-12-15-30(26-33)40-37(44)34(25-27-21-23-29(39)24-22-27)41-36(43)28-13-6-3-7-14-28/h3-26,35H,2H2,1H3,(H,40,44)(H,41,43)/b34-25-. The molecule has 8 heteroatoms. The van der Waals surface area contributed by atoms with Crippen molar-refractivity contribution in [3.8, 4) is 0 Å². The molecule has 0 saturated heterocycles. The van der Waals surface area contributed by atoms with Crippen molar-refractivity contribution < 1.29 is 14.4 Å². The van der Waals surface area contributed by atoms with Crippen molar-refractivity contribution in [1.82, 2.24) is 5.32 Å². The molecule has 5 rings (SSSR count). The predicted octanol–water partition coefficient (Wildman–Crippen LogP) is 9.09. The summed E-state index contributed by atoms with van der Waals surface area (Å²) in [5, 5.41) is 5.32. The molecule has 6 nitrogen and oxygen atoms in total. The Hall–Kier alpha value is -4.92. The van der Waals surface area contributed by atoms with Gasteiger partial charge in [-0.2, -0.15) is 0 Å². The fourth-order valence-electron chi connectivity index (χ4n) is 4.69. The SMILES string of the molecule is CCC(Sc1cccc(NC(=O)/C(=C/c2ccc(Br)cc2)NC(=O)c2ccccc2)c1)C(=O)N(c1ccccc1)c1ccccc1. The van der Waals surface area contributed by atoms with Crippen LogP contribution in [0, 0.1) is 0 Å². The molecule has 5 aromatic rings. The van der Waals surface area contributed by atoms with Crippen LogP contribution in [0.15, 0.2) is 155 Å². The molecular formula is C38H32BrN3O3S. The number of carbonyl (C=O) groups excluding carboxylic acids is 3. The van der Waals surface area contributed by atoms with E-state index in [1.807, 2.05) is 116 Å². The maximum absolute atomic E-state index is 14.0. The summed E-state index contributed by atoms with van der Waals surface area (Å²) < 4.78 is 0.901. The summed E-state index contributed by atoms with van der Waals surface area (Å²) in [7, 11) is 0. The highest BCUT2D eigenvalue weighted by Gasteiger charge is 2.27. The number of amides is 3. The summed E-state index contributed by atoms with van der Waals surface area (Å²) in [6, 6.07) is 42.7. The van der Waals surface area contributed by atoms with Crippen LogP contribution in [0.5, 0.6) is 0 Å². The first-order valence-electron chi connectivity index (χ1n) is 14.8. The van der Waals surface area contributed by atoms with E-state index in [0.29, 0.717) is 17.7 Å². The third-order valence-electron chi connectivity index (χ3n) is 6.98. The molecule has 0 aliphatic carbocycles. The second-order valence-corrected chi connectivity index (χ2v) is 12.5. The first-order valence-corrected chi connectivity index (χ1v) is 16.4. The number of anilines is 3. The maximum Gasteiger partial charge on any atom is 0.272 e. The molecule has 3 amide bonds. The first kappa shape index (κ1) is 32.5. The Labute approximate surface area is 281 Å². The van der Waals surface area contributed by atoms with Crippen LogP contribution in [-0.4, -0.2) is 23.0 Å². The Morgan fingerprint density at radius 2 is 1.35 bits per heavy atom. The van der Waals surface area contributed by atoms with Crippen molar-refractivity contribution in [3.63, 3.8) is 0 Å². The minimum atomic E-state index is -0.475. The Morgan fingerprint density at radius 3 is 1.93 bits per heavy atom. The Balaban J connectivity index is 1.36. The quantitative estimate of drug-likeness (QED) is 0.107. The van der Waals surface area contributed by atoms with Crippen molar-refractivity contribution in [3.05, 3.63) is 161 Å². The molecule has 46 heavy (non-hydrogen) atoms. The lowest BCUT2D eigenvalue weighted by atomic mass is 10.1. The van der Waals surface area contributed by atoms with Gasteiger partial charge in [0.05, 0.1) is 5.25 Å². The van der Waals surface area contributed by atoms with E-state index in [1.165, 1.54) is 11.8 Å². The van der Waals surface area contributed by atoms with E-state index in [-0.39, 0.29) is 16.9 Å². The van der Waals surface area contributed by atoms with Gasteiger partial charge >= 0.3 is 0 Å². The van der Waals surface area contributed by atoms with Crippen LogP contribution < -0.4 is 15.5 Å². The molecule has 0 radical (unpaired) electrons. The number of thioether (sulfide) groups is 1. The molecule has 0 aliphatic heterocycles. The van der Waals surface area contributed by atoms with Gasteiger partial charge in [0.15, 0.2) is 0 Å². The lowest BCUT2D eigenvalue weighted by molar-refractivity contribution is -0.117. The average molecular weight is 691 g/mol. The van der Waals surface area contributed by atoms with Crippen LogP contribution >= 0.6 is 27.7 Å². The van der Waals surface area contributed by atoms with E-state index in [2.05, 4.69) is 26.6 Å². The molecule has 0 heterocycles. The normalized spacial score (nSPS) is 11.7. The highest BCUT2D eigenvalue weighted by Crippen LogP contribution is 2.33. The minimum Gasteiger partial charge on any atom is -0.321 e. The van der Waals surface area contributed by atoms with Crippen LogP contribution in [0.1, 0.15) is 29.3 Å². The Kier molecular flexibility index (Phi) is 11.2. The van der Waals surface area contributed by atoms with Gasteiger partial charge in [0.2, 0.25) is 5.91 Å². The molecule has 1 atom stereocenters. The van der Waals surface area contributed by atoms with Crippen LogP contribution in [-0.2, 0) is 9.59 Å². The summed E-state index contributed by atoms with van der Waals surface area (Å²) in [5.41, 5.74) is 3.40. The molecule has 230 valence electrons. The van der Waals surface area contributed by atoms with Gasteiger partial charge in [-0.15, -0.1) is 11.8 Å². The zero-order valence-electron chi connectivity index (χ0n) is 25.1. The summed E-state index contributed by atoms with van der Waals surface area (Å²) >= 11 is 4.87. The minimum absolute atomic E-state index is 0.0392. The molecule has 0 aliphatic rings. The number of carbonyl (C=O) groups is 3. The summed E-state index contributed by atoms with van der Waals surface area (Å²) in [6.45, 7) is 1.99.